The number of nitrogens with zero attached hydrogens (tertiary/aromatic N) is 5. The van der Waals surface area contributed by atoms with E-state index in [9.17, 15) is 4.79 Å². The first-order valence-electron chi connectivity index (χ1n) is 9.90. The standard InChI is InChI=1S/C21H27N5O2/c1-13(2)28-19-18(6-5-7-22-19)20(27)25-10-16-9-17(12-25)26(11-16)21-23-14(3)8-15(4)24-21/h5-8,13,16-17H,9-12H2,1-4H3. The van der Waals surface area contributed by atoms with Crippen LogP contribution in [0.2, 0.25) is 0 Å². The third-order valence-electron chi connectivity index (χ3n) is 5.27. The number of carbonyl (C=O) groups is 1. The van der Waals surface area contributed by atoms with Crippen molar-refractivity contribution in [3.63, 3.8) is 0 Å². The Bertz CT molecular complexity index is 865. The predicted octanol–water partition coefficient (Wildman–Crippen LogP) is 2.63. The molecule has 2 bridgehead atoms. The molecule has 2 aliphatic rings. The zero-order valence-corrected chi connectivity index (χ0v) is 16.9. The van der Waals surface area contributed by atoms with Crippen LogP contribution in [-0.2, 0) is 0 Å². The Morgan fingerprint density at radius 2 is 1.93 bits per heavy atom. The summed E-state index contributed by atoms with van der Waals surface area (Å²) in [5.74, 6) is 1.61. The van der Waals surface area contributed by atoms with E-state index in [2.05, 4.69) is 19.9 Å². The number of rotatable bonds is 4. The molecule has 0 saturated carbocycles. The highest BCUT2D eigenvalue weighted by atomic mass is 16.5. The van der Waals surface area contributed by atoms with Crippen molar-refractivity contribution < 1.29 is 9.53 Å². The Kier molecular flexibility index (Phi) is 4.91. The van der Waals surface area contributed by atoms with Gasteiger partial charge in [-0.3, -0.25) is 4.79 Å². The molecule has 2 aliphatic heterocycles. The predicted molar refractivity (Wildman–Crippen MR) is 107 cm³/mol. The number of pyridine rings is 1. The molecule has 7 heteroatoms. The smallest absolute Gasteiger partial charge is 0.259 e. The van der Waals surface area contributed by atoms with E-state index in [4.69, 9.17) is 4.74 Å². The number of hydrogen-bond acceptors (Lipinski definition) is 6. The first-order valence-corrected chi connectivity index (χ1v) is 9.90. The first kappa shape index (κ1) is 18.7. The zero-order chi connectivity index (χ0) is 19.8. The summed E-state index contributed by atoms with van der Waals surface area (Å²) < 4.78 is 5.75. The molecule has 148 valence electrons. The van der Waals surface area contributed by atoms with Crippen LogP contribution in [0.5, 0.6) is 5.88 Å². The Morgan fingerprint density at radius 3 is 2.64 bits per heavy atom. The number of ether oxygens (including phenoxy) is 1. The largest absolute Gasteiger partial charge is 0.474 e. The van der Waals surface area contributed by atoms with Gasteiger partial charge in [0.2, 0.25) is 11.8 Å². The van der Waals surface area contributed by atoms with Gasteiger partial charge in [0.1, 0.15) is 5.56 Å². The fourth-order valence-electron chi connectivity index (χ4n) is 4.25. The quantitative estimate of drug-likeness (QED) is 0.811. The van der Waals surface area contributed by atoms with Gasteiger partial charge in [-0.25, -0.2) is 15.0 Å². The summed E-state index contributed by atoms with van der Waals surface area (Å²) in [5.41, 5.74) is 2.48. The van der Waals surface area contributed by atoms with Gasteiger partial charge in [-0.15, -0.1) is 0 Å². The van der Waals surface area contributed by atoms with Crippen molar-refractivity contribution in [1.82, 2.24) is 19.9 Å². The second kappa shape index (κ2) is 7.37. The molecule has 0 aromatic carbocycles. The van der Waals surface area contributed by atoms with Crippen LogP contribution in [0.15, 0.2) is 24.4 Å². The molecular weight excluding hydrogens is 354 g/mol. The second-order valence-electron chi connectivity index (χ2n) is 8.09. The molecule has 2 unspecified atom stereocenters. The number of piperidine rings is 1. The van der Waals surface area contributed by atoms with Crippen LogP contribution in [0, 0.1) is 19.8 Å². The Labute approximate surface area is 165 Å². The average Bonchev–Trinajstić information content (AvgIpc) is 2.94. The van der Waals surface area contributed by atoms with Gasteiger partial charge < -0.3 is 14.5 Å². The summed E-state index contributed by atoms with van der Waals surface area (Å²) in [6.45, 7) is 10.2. The number of likely N-dealkylation sites (tertiary alicyclic amines) is 1. The maximum Gasteiger partial charge on any atom is 0.259 e. The SMILES string of the molecule is Cc1cc(C)nc(N2CC3CC2CN(C(=O)c2cccnc2OC(C)C)C3)n1. The van der Waals surface area contributed by atoms with Crippen molar-refractivity contribution in [3.8, 4) is 5.88 Å². The molecule has 28 heavy (non-hydrogen) atoms. The summed E-state index contributed by atoms with van der Waals surface area (Å²) >= 11 is 0. The van der Waals surface area contributed by atoms with E-state index in [0.717, 1.165) is 36.8 Å². The number of aromatic nitrogens is 3. The minimum absolute atomic E-state index is 0.0124. The zero-order valence-electron chi connectivity index (χ0n) is 16.9. The molecule has 0 spiro atoms. The van der Waals surface area contributed by atoms with Crippen LogP contribution in [0.25, 0.3) is 0 Å². The lowest BCUT2D eigenvalue weighted by Gasteiger charge is -2.33. The van der Waals surface area contributed by atoms with Crippen LogP contribution >= 0.6 is 0 Å². The van der Waals surface area contributed by atoms with Crippen LogP contribution in [0.1, 0.15) is 42.0 Å². The third kappa shape index (κ3) is 3.66. The van der Waals surface area contributed by atoms with Gasteiger partial charge in [-0.1, -0.05) is 0 Å². The lowest BCUT2D eigenvalue weighted by Crippen LogP contribution is -2.45. The van der Waals surface area contributed by atoms with Gasteiger partial charge >= 0.3 is 0 Å². The molecule has 4 heterocycles. The van der Waals surface area contributed by atoms with Gasteiger partial charge in [-0.05, 0) is 58.2 Å². The Morgan fingerprint density at radius 1 is 1.18 bits per heavy atom. The summed E-state index contributed by atoms with van der Waals surface area (Å²) in [5, 5.41) is 0. The summed E-state index contributed by atoms with van der Waals surface area (Å²) in [6, 6.07) is 5.82. The molecule has 0 N–H and O–H groups in total. The molecular formula is C21H27N5O2. The van der Waals surface area contributed by atoms with Gasteiger partial charge in [0.05, 0.1) is 6.10 Å². The summed E-state index contributed by atoms with van der Waals surface area (Å²) in [6.07, 6.45) is 2.70. The minimum atomic E-state index is -0.0313. The monoisotopic (exact) mass is 381 g/mol. The van der Waals surface area contributed by atoms with Crippen molar-refractivity contribution in [2.24, 2.45) is 5.92 Å². The molecule has 2 fully saturated rings. The number of anilines is 1. The number of aryl methyl sites for hydroxylation is 2. The van der Waals surface area contributed by atoms with E-state index >= 15 is 0 Å². The van der Waals surface area contributed by atoms with Gasteiger partial charge in [0, 0.05) is 43.3 Å². The van der Waals surface area contributed by atoms with Gasteiger partial charge in [0.15, 0.2) is 0 Å². The van der Waals surface area contributed by atoms with Crippen LogP contribution < -0.4 is 9.64 Å². The highest BCUT2D eigenvalue weighted by Crippen LogP contribution is 2.33. The van der Waals surface area contributed by atoms with Crippen molar-refractivity contribution in [2.45, 2.75) is 46.3 Å². The van der Waals surface area contributed by atoms with E-state index in [1.165, 1.54) is 0 Å². The number of hydrogen-bond donors (Lipinski definition) is 0. The number of amides is 1. The molecule has 0 radical (unpaired) electrons. The number of carbonyl (C=O) groups excluding carboxylic acids is 1. The molecule has 2 aromatic heterocycles. The van der Waals surface area contributed by atoms with E-state index < -0.39 is 0 Å². The van der Waals surface area contributed by atoms with Crippen LogP contribution in [0.4, 0.5) is 5.95 Å². The van der Waals surface area contributed by atoms with E-state index in [0.29, 0.717) is 23.9 Å². The maximum absolute atomic E-state index is 13.2. The average molecular weight is 381 g/mol. The fourth-order valence-corrected chi connectivity index (χ4v) is 4.25. The number of fused-ring (bicyclic) bond motifs is 2. The van der Waals surface area contributed by atoms with Crippen LogP contribution in [-0.4, -0.2) is 57.5 Å². The second-order valence-corrected chi connectivity index (χ2v) is 8.09. The molecule has 2 atom stereocenters. The van der Waals surface area contributed by atoms with E-state index in [-0.39, 0.29) is 18.1 Å². The lowest BCUT2D eigenvalue weighted by atomic mass is 9.99. The van der Waals surface area contributed by atoms with E-state index in [1.54, 1.807) is 18.3 Å². The van der Waals surface area contributed by atoms with Gasteiger partial charge in [0.25, 0.3) is 5.91 Å². The Hall–Kier alpha value is -2.70. The summed E-state index contributed by atoms with van der Waals surface area (Å²) in [7, 11) is 0. The maximum atomic E-state index is 13.2. The molecule has 4 rings (SSSR count). The third-order valence-corrected chi connectivity index (χ3v) is 5.27. The van der Waals surface area contributed by atoms with Crippen molar-refractivity contribution >= 4 is 11.9 Å². The van der Waals surface area contributed by atoms with Crippen molar-refractivity contribution in [1.29, 1.82) is 0 Å². The van der Waals surface area contributed by atoms with Crippen molar-refractivity contribution in [3.05, 3.63) is 41.3 Å². The molecule has 1 amide bonds. The highest BCUT2D eigenvalue weighted by Gasteiger charge is 2.41. The minimum Gasteiger partial charge on any atom is -0.474 e. The molecule has 2 aromatic rings. The molecule has 7 nitrogen and oxygen atoms in total. The Balaban J connectivity index is 1.54. The molecule has 0 aliphatic carbocycles. The van der Waals surface area contributed by atoms with Crippen molar-refractivity contribution in [2.75, 3.05) is 24.5 Å². The highest BCUT2D eigenvalue weighted by molar-refractivity contribution is 5.96. The van der Waals surface area contributed by atoms with Crippen LogP contribution in [0.3, 0.4) is 0 Å². The van der Waals surface area contributed by atoms with Gasteiger partial charge in [-0.2, -0.15) is 0 Å². The lowest BCUT2D eigenvalue weighted by molar-refractivity contribution is 0.0686. The topological polar surface area (TPSA) is 71.5 Å². The fraction of sp³-hybridized carbons (Fsp3) is 0.524. The van der Waals surface area contributed by atoms with E-state index in [1.807, 2.05) is 38.7 Å². The normalized spacial score (nSPS) is 21.3. The summed E-state index contributed by atoms with van der Waals surface area (Å²) in [4.78, 5) is 31.0. The molecule has 2 saturated heterocycles. The first-order chi connectivity index (χ1) is 13.4.